The number of imidazole rings is 1. The number of hydrogen-bond acceptors (Lipinski definition) is 2. The molecule has 0 spiro atoms. The average Bonchev–Trinajstić information content (AvgIpc) is 3.33. The molecule has 3 aromatic rings. The number of benzene rings is 2. The molecule has 4 nitrogen and oxygen atoms in total. The topological polar surface area (TPSA) is 38.1 Å². The molecular weight excluding hydrogens is 370 g/mol. The molecule has 2 aromatic carbocycles. The van der Waals surface area contributed by atoms with Gasteiger partial charge >= 0.3 is 0 Å². The molecule has 1 amide bonds. The van der Waals surface area contributed by atoms with Gasteiger partial charge in [0.1, 0.15) is 11.5 Å². The molecule has 0 saturated carbocycles. The molecule has 2 aliphatic heterocycles. The van der Waals surface area contributed by atoms with Crippen LogP contribution in [0.15, 0.2) is 54.6 Å². The van der Waals surface area contributed by atoms with Crippen LogP contribution in [0, 0.1) is 6.92 Å². The van der Waals surface area contributed by atoms with E-state index in [0.29, 0.717) is 11.6 Å². The van der Waals surface area contributed by atoms with Gasteiger partial charge in [-0.15, -0.1) is 0 Å². The molecule has 3 heterocycles. The third kappa shape index (κ3) is 3.55. The van der Waals surface area contributed by atoms with E-state index in [1.54, 1.807) is 0 Å². The van der Waals surface area contributed by atoms with Gasteiger partial charge in [0.25, 0.3) is 5.91 Å². The molecule has 0 N–H and O–H groups in total. The lowest BCUT2D eigenvalue weighted by Gasteiger charge is -2.16. The minimum Gasteiger partial charge on any atom is -0.337 e. The van der Waals surface area contributed by atoms with Gasteiger partial charge in [0, 0.05) is 31.1 Å². The van der Waals surface area contributed by atoms with Crippen LogP contribution in [-0.2, 0) is 13.0 Å². The fourth-order valence-electron chi connectivity index (χ4n) is 4.91. The summed E-state index contributed by atoms with van der Waals surface area (Å²) >= 11 is 0. The monoisotopic (exact) mass is 399 g/mol. The van der Waals surface area contributed by atoms with Gasteiger partial charge in [-0.1, -0.05) is 66.6 Å². The molecule has 1 saturated heterocycles. The van der Waals surface area contributed by atoms with Crippen molar-refractivity contribution in [1.82, 2.24) is 14.5 Å². The van der Waals surface area contributed by atoms with Crippen LogP contribution in [0.1, 0.15) is 58.9 Å². The normalized spacial score (nSPS) is 18.8. The Labute approximate surface area is 178 Å². The molecule has 0 radical (unpaired) electrons. The highest BCUT2D eigenvalue weighted by Gasteiger charge is 2.32. The van der Waals surface area contributed by atoms with Crippen molar-refractivity contribution in [1.29, 1.82) is 0 Å². The predicted molar refractivity (Wildman–Crippen MR) is 120 cm³/mol. The molecule has 1 fully saturated rings. The number of aromatic nitrogens is 2. The third-order valence-corrected chi connectivity index (χ3v) is 6.63. The smallest absolute Gasteiger partial charge is 0.274 e. The number of carbonyl (C=O) groups excluding carboxylic acids is 1. The summed E-state index contributed by atoms with van der Waals surface area (Å²) in [4.78, 5) is 20.5. The van der Waals surface area contributed by atoms with Crippen molar-refractivity contribution in [2.45, 2.75) is 51.5 Å². The number of carbonyl (C=O) groups is 1. The van der Waals surface area contributed by atoms with Gasteiger partial charge in [0.15, 0.2) is 0 Å². The van der Waals surface area contributed by atoms with E-state index in [2.05, 4.69) is 60.0 Å². The van der Waals surface area contributed by atoms with Crippen molar-refractivity contribution in [2.75, 3.05) is 13.1 Å². The molecule has 1 atom stereocenters. The second-order valence-electron chi connectivity index (χ2n) is 8.71. The summed E-state index contributed by atoms with van der Waals surface area (Å²) < 4.78 is 2.32. The number of amides is 1. The Kier molecular flexibility index (Phi) is 5.16. The Morgan fingerprint density at radius 2 is 1.77 bits per heavy atom. The van der Waals surface area contributed by atoms with Crippen LogP contribution >= 0.6 is 0 Å². The fraction of sp³-hybridized carbons (Fsp3) is 0.385. The first-order valence-electron chi connectivity index (χ1n) is 11.2. The number of nitrogens with zero attached hydrogens (tertiary/aromatic N) is 3. The minimum atomic E-state index is 0.109. The lowest BCUT2D eigenvalue weighted by Crippen LogP contribution is -2.29. The molecule has 4 heteroatoms. The zero-order valence-electron chi connectivity index (χ0n) is 17.7. The van der Waals surface area contributed by atoms with Crippen molar-refractivity contribution in [3.05, 3.63) is 77.1 Å². The number of likely N-dealkylation sites (tertiary alicyclic amines) is 1. The van der Waals surface area contributed by atoms with Crippen molar-refractivity contribution in [2.24, 2.45) is 0 Å². The number of rotatable bonds is 3. The largest absolute Gasteiger partial charge is 0.337 e. The highest BCUT2D eigenvalue weighted by atomic mass is 16.2. The van der Waals surface area contributed by atoms with Crippen molar-refractivity contribution in [3.63, 3.8) is 0 Å². The van der Waals surface area contributed by atoms with Gasteiger partial charge in [-0.3, -0.25) is 4.79 Å². The fourth-order valence-corrected chi connectivity index (χ4v) is 4.91. The lowest BCUT2D eigenvalue weighted by molar-refractivity contribution is 0.0784. The lowest BCUT2D eigenvalue weighted by atomic mass is 9.99. The average molecular weight is 400 g/mol. The van der Waals surface area contributed by atoms with Crippen molar-refractivity contribution >= 4 is 5.91 Å². The standard InChI is InChI=1S/C26H29N3O/c1-19-11-13-21(14-12-19)25-27-24(23-10-6-3-7-16-29(23)25)26(30)28-17-15-22(18-28)20-8-4-2-5-9-20/h2,4-5,8-9,11-14,22H,3,6-7,10,15-18H2,1H3/t22-/m0/s1. The van der Waals surface area contributed by atoms with Gasteiger partial charge < -0.3 is 9.47 Å². The summed E-state index contributed by atoms with van der Waals surface area (Å²) in [6.07, 6.45) is 5.45. The summed E-state index contributed by atoms with van der Waals surface area (Å²) in [5.41, 5.74) is 5.49. The molecule has 154 valence electrons. The van der Waals surface area contributed by atoms with Crippen LogP contribution in [-0.4, -0.2) is 33.4 Å². The first kappa shape index (κ1) is 19.1. The van der Waals surface area contributed by atoms with Crippen LogP contribution in [0.5, 0.6) is 0 Å². The Morgan fingerprint density at radius 1 is 0.967 bits per heavy atom. The predicted octanol–water partition coefficient (Wildman–Crippen LogP) is 5.21. The van der Waals surface area contributed by atoms with E-state index in [1.165, 1.54) is 17.5 Å². The van der Waals surface area contributed by atoms with Gasteiger partial charge in [0.2, 0.25) is 0 Å². The zero-order valence-corrected chi connectivity index (χ0v) is 17.7. The summed E-state index contributed by atoms with van der Waals surface area (Å²) in [6, 6.07) is 19.1. The second kappa shape index (κ2) is 8.10. The highest BCUT2D eigenvalue weighted by Crippen LogP contribution is 2.31. The highest BCUT2D eigenvalue weighted by molar-refractivity contribution is 5.94. The molecule has 0 unspecified atom stereocenters. The first-order chi connectivity index (χ1) is 14.7. The molecule has 2 aliphatic rings. The quantitative estimate of drug-likeness (QED) is 0.606. The summed E-state index contributed by atoms with van der Waals surface area (Å²) in [6.45, 7) is 4.65. The molecule has 0 bridgehead atoms. The minimum absolute atomic E-state index is 0.109. The Bertz CT molecular complexity index is 1040. The Morgan fingerprint density at radius 3 is 2.57 bits per heavy atom. The second-order valence-corrected chi connectivity index (χ2v) is 8.71. The van der Waals surface area contributed by atoms with Gasteiger partial charge in [0.05, 0.1) is 5.69 Å². The SMILES string of the molecule is Cc1ccc(-c2nc(C(=O)N3CC[C@H](c4ccccc4)C3)c3n2CCCCC3)cc1. The van der Waals surface area contributed by atoms with E-state index in [0.717, 1.165) is 62.4 Å². The summed E-state index contributed by atoms with van der Waals surface area (Å²) in [5, 5.41) is 0. The first-order valence-corrected chi connectivity index (χ1v) is 11.2. The van der Waals surface area contributed by atoms with Crippen LogP contribution in [0.4, 0.5) is 0 Å². The van der Waals surface area contributed by atoms with Crippen LogP contribution in [0.25, 0.3) is 11.4 Å². The third-order valence-electron chi connectivity index (χ3n) is 6.63. The molecular formula is C26H29N3O. The van der Waals surface area contributed by atoms with Gasteiger partial charge in [-0.05, 0) is 38.2 Å². The van der Waals surface area contributed by atoms with Crippen molar-refractivity contribution < 1.29 is 4.79 Å². The maximum atomic E-state index is 13.6. The van der Waals surface area contributed by atoms with E-state index >= 15 is 0 Å². The van der Waals surface area contributed by atoms with E-state index in [-0.39, 0.29) is 5.91 Å². The summed E-state index contributed by atoms with van der Waals surface area (Å²) in [5.74, 6) is 1.49. The zero-order chi connectivity index (χ0) is 20.5. The van der Waals surface area contributed by atoms with Crippen LogP contribution in [0.3, 0.4) is 0 Å². The van der Waals surface area contributed by atoms with Crippen LogP contribution < -0.4 is 0 Å². The number of fused-ring (bicyclic) bond motifs is 1. The summed E-state index contributed by atoms with van der Waals surface area (Å²) in [7, 11) is 0. The molecule has 0 aliphatic carbocycles. The molecule has 30 heavy (non-hydrogen) atoms. The van der Waals surface area contributed by atoms with E-state index in [9.17, 15) is 4.79 Å². The maximum Gasteiger partial charge on any atom is 0.274 e. The van der Waals surface area contributed by atoms with Crippen molar-refractivity contribution in [3.8, 4) is 11.4 Å². The van der Waals surface area contributed by atoms with Gasteiger partial charge in [-0.2, -0.15) is 0 Å². The van der Waals surface area contributed by atoms with E-state index < -0.39 is 0 Å². The molecule has 5 rings (SSSR count). The molecule has 1 aromatic heterocycles. The van der Waals surface area contributed by atoms with E-state index in [1.807, 2.05) is 11.0 Å². The van der Waals surface area contributed by atoms with Gasteiger partial charge in [-0.25, -0.2) is 4.98 Å². The number of hydrogen-bond donors (Lipinski definition) is 0. The Balaban J connectivity index is 1.46. The maximum absolute atomic E-state index is 13.6. The van der Waals surface area contributed by atoms with E-state index in [4.69, 9.17) is 4.98 Å². The Hall–Kier alpha value is -2.88. The number of aryl methyl sites for hydroxylation is 1. The van der Waals surface area contributed by atoms with Crippen LogP contribution in [0.2, 0.25) is 0 Å².